The van der Waals surface area contributed by atoms with E-state index in [0.717, 1.165) is 24.0 Å². The number of carbonyl (C=O) groups is 1. The van der Waals surface area contributed by atoms with Crippen LogP contribution in [0.1, 0.15) is 67.7 Å². The van der Waals surface area contributed by atoms with Crippen LogP contribution in [0.4, 0.5) is 4.79 Å². The third-order valence-electron chi connectivity index (χ3n) is 5.43. The first-order valence-corrected chi connectivity index (χ1v) is 10.3. The van der Waals surface area contributed by atoms with Crippen LogP contribution in [0.5, 0.6) is 0 Å². The first kappa shape index (κ1) is 21.4. The first-order chi connectivity index (χ1) is 14.3. The normalized spacial score (nSPS) is 19.3. The summed E-state index contributed by atoms with van der Waals surface area (Å²) in [6.07, 6.45) is 1.51. The number of hydrogen-bond donors (Lipinski definition) is 0. The summed E-state index contributed by atoms with van der Waals surface area (Å²) < 4.78 is 5.63. The molecule has 1 amide bonds. The van der Waals surface area contributed by atoms with Gasteiger partial charge in [-0.15, -0.1) is 0 Å². The Morgan fingerprint density at radius 1 is 0.933 bits per heavy atom. The van der Waals surface area contributed by atoms with E-state index in [2.05, 4.69) is 12.1 Å². The molecule has 0 N–H and O–H groups in total. The van der Waals surface area contributed by atoms with Crippen LogP contribution in [0.25, 0.3) is 0 Å². The minimum atomic E-state index is -0.542. The Bertz CT molecular complexity index is 960. The molecule has 0 aliphatic carbocycles. The van der Waals surface area contributed by atoms with Gasteiger partial charge in [-0.25, -0.2) is 4.79 Å². The van der Waals surface area contributed by atoms with E-state index >= 15 is 0 Å². The number of nitrogens with zero attached hydrogens (tertiary/aromatic N) is 3. The summed E-state index contributed by atoms with van der Waals surface area (Å²) in [5.41, 5.74) is 2.97. The Morgan fingerprint density at radius 2 is 1.43 bits per heavy atom. The average Bonchev–Trinajstić information content (AvgIpc) is 2.96. The predicted octanol–water partition coefficient (Wildman–Crippen LogP) is 5.33. The standard InChI is InChI=1S/C25H27N3O2/c1-25(2,3)30-24(29)28-14-4-5-22(20-10-6-18(15-26)7-11-20)23(17-28)21-12-8-19(16-27)9-13-21/h6-13,22-23H,4-5,14,17H2,1-3H3. The molecule has 1 saturated heterocycles. The van der Waals surface area contributed by atoms with Crippen molar-refractivity contribution in [2.24, 2.45) is 0 Å². The molecule has 30 heavy (non-hydrogen) atoms. The van der Waals surface area contributed by atoms with E-state index in [1.165, 1.54) is 0 Å². The number of likely N-dealkylation sites (tertiary alicyclic amines) is 1. The maximum absolute atomic E-state index is 12.8. The summed E-state index contributed by atoms with van der Waals surface area (Å²) >= 11 is 0. The van der Waals surface area contributed by atoms with Gasteiger partial charge in [-0.3, -0.25) is 0 Å². The smallest absolute Gasteiger partial charge is 0.410 e. The molecular formula is C25H27N3O2. The van der Waals surface area contributed by atoms with Crippen molar-refractivity contribution in [3.63, 3.8) is 0 Å². The van der Waals surface area contributed by atoms with Crippen LogP contribution in [0.2, 0.25) is 0 Å². The molecule has 1 heterocycles. The zero-order valence-electron chi connectivity index (χ0n) is 17.8. The highest BCUT2D eigenvalue weighted by Crippen LogP contribution is 2.39. The second kappa shape index (κ2) is 9.01. The molecule has 0 radical (unpaired) electrons. The third-order valence-corrected chi connectivity index (χ3v) is 5.43. The van der Waals surface area contributed by atoms with Crippen LogP contribution < -0.4 is 0 Å². The number of rotatable bonds is 2. The van der Waals surface area contributed by atoms with E-state index in [9.17, 15) is 4.79 Å². The zero-order valence-corrected chi connectivity index (χ0v) is 17.8. The van der Waals surface area contributed by atoms with Gasteiger partial charge in [0.1, 0.15) is 5.60 Å². The fourth-order valence-corrected chi connectivity index (χ4v) is 4.00. The fraction of sp³-hybridized carbons (Fsp3) is 0.400. The van der Waals surface area contributed by atoms with Gasteiger partial charge in [0.15, 0.2) is 0 Å². The highest BCUT2D eigenvalue weighted by molar-refractivity contribution is 5.68. The Morgan fingerprint density at radius 3 is 1.90 bits per heavy atom. The molecule has 1 aliphatic rings. The lowest BCUT2D eigenvalue weighted by Gasteiger charge is -2.31. The van der Waals surface area contributed by atoms with Gasteiger partial charge in [0, 0.05) is 19.0 Å². The maximum Gasteiger partial charge on any atom is 0.410 e. The first-order valence-electron chi connectivity index (χ1n) is 10.3. The van der Waals surface area contributed by atoms with Crippen molar-refractivity contribution in [1.82, 2.24) is 4.90 Å². The molecule has 1 aliphatic heterocycles. The van der Waals surface area contributed by atoms with Gasteiger partial charge < -0.3 is 9.64 Å². The molecular weight excluding hydrogens is 374 g/mol. The average molecular weight is 402 g/mol. The molecule has 2 aromatic rings. The second-order valence-corrected chi connectivity index (χ2v) is 8.75. The number of amides is 1. The van der Waals surface area contributed by atoms with E-state index in [1.54, 1.807) is 4.90 Å². The molecule has 0 spiro atoms. The predicted molar refractivity (Wildman–Crippen MR) is 115 cm³/mol. The molecule has 5 nitrogen and oxygen atoms in total. The summed E-state index contributed by atoms with van der Waals surface area (Å²) in [6, 6.07) is 19.7. The molecule has 3 rings (SSSR count). The van der Waals surface area contributed by atoms with Crippen molar-refractivity contribution >= 4 is 6.09 Å². The van der Waals surface area contributed by atoms with Gasteiger partial charge in [0.2, 0.25) is 0 Å². The Labute approximate surface area is 178 Å². The van der Waals surface area contributed by atoms with Gasteiger partial charge in [0.05, 0.1) is 23.3 Å². The zero-order chi connectivity index (χ0) is 21.7. The summed E-state index contributed by atoms with van der Waals surface area (Å²) in [6.45, 7) is 6.82. The monoisotopic (exact) mass is 401 g/mol. The van der Waals surface area contributed by atoms with Gasteiger partial charge >= 0.3 is 6.09 Å². The van der Waals surface area contributed by atoms with Crippen LogP contribution in [0, 0.1) is 22.7 Å². The van der Waals surface area contributed by atoms with E-state index in [1.807, 2.05) is 69.3 Å². The van der Waals surface area contributed by atoms with Gasteiger partial charge in [-0.05, 0) is 74.9 Å². The summed E-state index contributed by atoms with van der Waals surface area (Å²) in [7, 11) is 0. The van der Waals surface area contributed by atoms with Crippen molar-refractivity contribution in [1.29, 1.82) is 10.5 Å². The fourth-order valence-electron chi connectivity index (χ4n) is 4.00. The van der Waals surface area contributed by atoms with Crippen molar-refractivity contribution < 1.29 is 9.53 Å². The van der Waals surface area contributed by atoms with Crippen molar-refractivity contribution in [2.75, 3.05) is 13.1 Å². The van der Waals surface area contributed by atoms with Crippen LogP contribution >= 0.6 is 0 Å². The summed E-state index contributed by atoms with van der Waals surface area (Å²) in [5.74, 6) is 0.277. The molecule has 2 aromatic carbocycles. The van der Waals surface area contributed by atoms with Crippen molar-refractivity contribution in [3.05, 3.63) is 70.8 Å². The highest BCUT2D eigenvalue weighted by atomic mass is 16.6. The molecule has 0 bridgehead atoms. The quantitative estimate of drug-likeness (QED) is 0.681. The van der Waals surface area contributed by atoms with Crippen molar-refractivity contribution in [2.45, 2.75) is 51.0 Å². The number of carbonyl (C=O) groups excluding carboxylic acids is 1. The Kier molecular flexibility index (Phi) is 6.43. The lowest BCUT2D eigenvalue weighted by molar-refractivity contribution is 0.0247. The van der Waals surface area contributed by atoms with Gasteiger partial charge in [-0.2, -0.15) is 10.5 Å². The third kappa shape index (κ3) is 5.19. The largest absolute Gasteiger partial charge is 0.444 e. The van der Waals surface area contributed by atoms with Crippen molar-refractivity contribution in [3.8, 4) is 12.1 Å². The molecule has 2 atom stereocenters. The van der Waals surface area contributed by atoms with Gasteiger partial charge in [-0.1, -0.05) is 24.3 Å². The summed E-state index contributed by atoms with van der Waals surface area (Å²) in [4.78, 5) is 14.6. The highest BCUT2D eigenvalue weighted by Gasteiger charge is 2.33. The number of benzene rings is 2. The van der Waals surface area contributed by atoms with E-state index in [-0.39, 0.29) is 17.9 Å². The molecule has 0 aromatic heterocycles. The minimum Gasteiger partial charge on any atom is -0.444 e. The lowest BCUT2D eigenvalue weighted by atomic mass is 9.79. The topological polar surface area (TPSA) is 77.1 Å². The molecule has 154 valence electrons. The van der Waals surface area contributed by atoms with Crippen LogP contribution in [0.15, 0.2) is 48.5 Å². The van der Waals surface area contributed by atoms with E-state index in [0.29, 0.717) is 24.2 Å². The second-order valence-electron chi connectivity index (χ2n) is 8.75. The Hall–Kier alpha value is -3.31. The molecule has 1 fully saturated rings. The number of hydrogen-bond acceptors (Lipinski definition) is 4. The molecule has 0 saturated carbocycles. The van der Waals surface area contributed by atoms with E-state index < -0.39 is 5.60 Å². The minimum absolute atomic E-state index is 0.0701. The molecule has 5 heteroatoms. The van der Waals surface area contributed by atoms with Crippen LogP contribution in [0.3, 0.4) is 0 Å². The van der Waals surface area contributed by atoms with Gasteiger partial charge in [0.25, 0.3) is 0 Å². The Balaban J connectivity index is 1.95. The molecule has 2 unspecified atom stereocenters. The van der Waals surface area contributed by atoms with E-state index in [4.69, 9.17) is 15.3 Å². The lowest BCUT2D eigenvalue weighted by Crippen LogP contribution is -2.39. The van der Waals surface area contributed by atoms with Crippen LogP contribution in [-0.4, -0.2) is 29.7 Å². The number of nitriles is 2. The number of ether oxygens (including phenoxy) is 1. The summed E-state index contributed by atoms with van der Waals surface area (Å²) in [5, 5.41) is 18.3. The van der Waals surface area contributed by atoms with Crippen LogP contribution in [-0.2, 0) is 4.74 Å². The maximum atomic E-state index is 12.8. The SMILES string of the molecule is CC(C)(C)OC(=O)N1CCCC(c2ccc(C#N)cc2)C(c2ccc(C#N)cc2)C1.